The molecular formula is C28H26BrN5O4S. The van der Waals surface area contributed by atoms with E-state index in [0.29, 0.717) is 35.5 Å². The molecular weight excluding hydrogens is 582 g/mol. The lowest BCUT2D eigenvalue weighted by Crippen LogP contribution is -2.48. The van der Waals surface area contributed by atoms with Gasteiger partial charge in [-0.15, -0.1) is 10.2 Å². The van der Waals surface area contributed by atoms with E-state index in [-0.39, 0.29) is 17.6 Å². The molecule has 11 heteroatoms. The number of carbonyl (C=O) groups is 2. The lowest BCUT2D eigenvalue weighted by molar-refractivity contribution is -0.113. The first-order chi connectivity index (χ1) is 19.0. The molecule has 1 aromatic heterocycles. The molecule has 0 unspecified atom stereocenters. The van der Waals surface area contributed by atoms with Crippen LogP contribution in [0.2, 0.25) is 0 Å². The molecule has 1 saturated heterocycles. The zero-order valence-electron chi connectivity index (χ0n) is 21.2. The van der Waals surface area contributed by atoms with Gasteiger partial charge in [-0.3, -0.25) is 9.59 Å². The topological polar surface area (TPSA) is 101 Å². The van der Waals surface area contributed by atoms with Crippen molar-refractivity contribution in [3.8, 4) is 17.2 Å². The average molecular weight is 609 g/mol. The highest BCUT2D eigenvalue weighted by Gasteiger charge is 2.22. The fraction of sp³-hybridized carbons (Fsp3) is 0.214. The first kappa shape index (κ1) is 26.8. The van der Waals surface area contributed by atoms with Gasteiger partial charge in [-0.1, -0.05) is 27.7 Å². The molecule has 0 saturated carbocycles. The van der Waals surface area contributed by atoms with Gasteiger partial charge < -0.3 is 24.3 Å². The number of piperazine rings is 1. The number of carbonyl (C=O) groups excluding carboxylic acids is 2. The third-order valence-corrected chi connectivity index (χ3v) is 7.59. The second-order valence-corrected chi connectivity index (χ2v) is 10.6. The largest absolute Gasteiger partial charge is 0.497 e. The van der Waals surface area contributed by atoms with Crippen molar-refractivity contribution in [2.45, 2.75) is 5.22 Å². The van der Waals surface area contributed by atoms with E-state index in [0.717, 1.165) is 34.6 Å². The number of nitrogens with one attached hydrogen (secondary N) is 1. The van der Waals surface area contributed by atoms with Crippen LogP contribution in [0.1, 0.15) is 10.4 Å². The number of hydrogen-bond acceptors (Lipinski definition) is 8. The molecule has 1 aliphatic rings. The number of halogens is 1. The monoisotopic (exact) mass is 607 g/mol. The predicted octanol–water partition coefficient (Wildman–Crippen LogP) is 5.20. The molecule has 2 heterocycles. The Morgan fingerprint density at radius 3 is 2.31 bits per heavy atom. The van der Waals surface area contributed by atoms with Gasteiger partial charge in [0.15, 0.2) is 0 Å². The SMILES string of the molecule is COc1ccc(C(=O)N2CCN(c3ccc(NC(=O)CSc4nnc(-c5ccc(Br)cc5)o4)cc3)CC2)cc1. The predicted molar refractivity (Wildman–Crippen MR) is 154 cm³/mol. The molecule has 3 aromatic carbocycles. The molecule has 39 heavy (non-hydrogen) atoms. The number of anilines is 2. The minimum atomic E-state index is -0.165. The van der Waals surface area contributed by atoms with Crippen molar-refractivity contribution >= 4 is 50.9 Å². The number of aromatic nitrogens is 2. The fourth-order valence-electron chi connectivity index (χ4n) is 4.14. The Kier molecular flexibility index (Phi) is 8.48. The van der Waals surface area contributed by atoms with Gasteiger partial charge in [0.1, 0.15) is 5.75 Å². The zero-order chi connectivity index (χ0) is 27.2. The highest BCUT2D eigenvalue weighted by molar-refractivity contribution is 9.10. The van der Waals surface area contributed by atoms with E-state index in [1.54, 1.807) is 31.4 Å². The summed E-state index contributed by atoms with van der Waals surface area (Å²) in [5.74, 6) is 1.15. The first-order valence-electron chi connectivity index (χ1n) is 12.3. The number of nitrogens with zero attached hydrogens (tertiary/aromatic N) is 4. The molecule has 5 rings (SSSR count). The maximum absolute atomic E-state index is 12.8. The highest BCUT2D eigenvalue weighted by Crippen LogP contribution is 2.25. The Bertz CT molecular complexity index is 1420. The summed E-state index contributed by atoms with van der Waals surface area (Å²) in [4.78, 5) is 29.4. The minimum absolute atomic E-state index is 0.0262. The summed E-state index contributed by atoms with van der Waals surface area (Å²) in [6, 6.07) is 22.5. The van der Waals surface area contributed by atoms with Crippen LogP contribution in [0.25, 0.3) is 11.5 Å². The second-order valence-electron chi connectivity index (χ2n) is 8.77. The van der Waals surface area contributed by atoms with Crippen LogP contribution >= 0.6 is 27.7 Å². The van der Waals surface area contributed by atoms with E-state index in [4.69, 9.17) is 9.15 Å². The van der Waals surface area contributed by atoms with Crippen LogP contribution in [0.3, 0.4) is 0 Å². The van der Waals surface area contributed by atoms with Crippen LogP contribution in [0, 0.1) is 0 Å². The standard InChI is InChI=1S/C28H26BrN5O4S/c1-37-24-12-4-20(5-13-24)27(36)34-16-14-33(15-17-34)23-10-8-22(9-11-23)30-25(35)18-39-28-32-31-26(38-28)19-2-6-21(29)7-3-19/h2-13H,14-18H2,1H3,(H,30,35). The first-order valence-corrected chi connectivity index (χ1v) is 14.1. The van der Waals surface area contributed by atoms with E-state index in [1.165, 1.54) is 11.8 Å². The van der Waals surface area contributed by atoms with Crippen LogP contribution in [0.4, 0.5) is 11.4 Å². The minimum Gasteiger partial charge on any atom is -0.497 e. The summed E-state index contributed by atoms with van der Waals surface area (Å²) >= 11 is 4.59. The molecule has 1 fully saturated rings. The third kappa shape index (κ3) is 6.79. The summed E-state index contributed by atoms with van der Waals surface area (Å²) in [7, 11) is 1.61. The summed E-state index contributed by atoms with van der Waals surface area (Å²) in [5, 5.41) is 11.3. The number of hydrogen-bond donors (Lipinski definition) is 1. The van der Waals surface area contributed by atoms with E-state index >= 15 is 0 Å². The molecule has 1 aliphatic heterocycles. The number of ether oxygens (including phenoxy) is 1. The molecule has 2 amide bonds. The molecule has 4 aromatic rings. The number of thioether (sulfide) groups is 1. The van der Waals surface area contributed by atoms with E-state index in [2.05, 4.69) is 36.3 Å². The van der Waals surface area contributed by atoms with Gasteiger partial charge in [0.2, 0.25) is 11.8 Å². The molecule has 0 aliphatic carbocycles. The van der Waals surface area contributed by atoms with Crippen molar-refractivity contribution in [1.82, 2.24) is 15.1 Å². The Morgan fingerprint density at radius 1 is 0.949 bits per heavy atom. The Morgan fingerprint density at radius 2 is 1.64 bits per heavy atom. The van der Waals surface area contributed by atoms with Gasteiger partial charge in [-0.25, -0.2) is 0 Å². The Balaban J connectivity index is 1.08. The van der Waals surface area contributed by atoms with Crippen LogP contribution < -0.4 is 15.0 Å². The normalized spacial score (nSPS) is 13.3. The van der Waals surface area contributed by atoms with Crippen molar-refractivity contribution in [2.24, 2.45) is 0 Å². The van der Waals surface area contributed by atoms with Crippen molar-refractivity contribution in [1.29, 1.82) is 0 Å². The number of methoxy groups -OCH3 is 1. The third-order valence-electron chi connectivity index (χ3n) is 6.24. The van der Waals surface area contributed by atoms with Crippen molar-refractivity contribution in [3.63, 3.8) is 0 Å². The number of amides is 2. The molecule has 0 radical (unpaired) electrons. The summed E-state index contributed by atoms with van der Waals surface area (Å²) < 4.78 is 11.8. The van der Waals surface area contributed by atoms with Gasteiger partial charge in [0.25, 0.3) is 11.1 Å². The van der Waals surface area contributed by atoms with Gasteiger partial charge >= 0.3 is 0 Å². The van der Waals surface area contributed by atoms with E-state index in [1.807, 2.05) is 53.4 Å². The van der Waals surface area contributed by atoms with Gasteiger partial charge in [0, 0.05) is 53.2 Å². The molecule has 200 valence electrons. The number of benzene rings is 3. The lowest BCUT2D eigenvalue weighted by atomic mass is 10.1. The van der Waals surface area contributed by atoms with E-state index in [9.17, 15) is 9.59 Å². The quantitative estimate of drug-likeness (QED) is 0.273. The second kappa shape index (κ2) is 12.4. The summed E-state index contributed by atoms with van der Waals surface area (Å²) in [5.41, 5.74) is 3.22. The maximum Gasteiger partial charge on any atom is 0.277 e. The van der Waals surface area contributed by atoms with Gasteiger partial charge in [-0.2, -0.15) is 0 Å². The maximum atomic E-state index is 12.8. The Hall–Kier alpha value is -3.83. The van der Waals surface area contributed by atoms with Gasteiger partial charge in [-0.05, 0) is 72.8 Å². The van der Waals surface area contributed by atoms with Crippen LogP contribution in [0.15, 0.2) is 86.9 Å². The summed E-state index contributed by atoms with van der Waals surface area (Å²) in [6.07, 6.45) is 0. The van der Waals surface area contributed by atoms with Crippen LogP contribution in [0.5, 0.6) is 5.75 Å². The smallest absolute Gasteiger partial charge is 0.277 e. The summed E-state index contributed by atoms with van der Waals surface area (Å²) in [6.45, 7) is 2.74. The molecule has 1 N–H and O–H groups in total. The lowest BCUT2D eigenvalue weighted by Gasteiger charge is -2.36. The highest BCUT2D eigenvalue weighted by atomic mass is 79.9. The van der Waals surface area contributed by atoms with Crippen LogP contribution in [-0.4, -0.2) is 66.0 Å². The molecule has 9 nitrogen and oxygen atoms in total. The fourth-order valence-corrected chi connectivity index (χ4v) is 4.97. The van der Waals surface area contributed by atoms with Crippen molar-refractivity contribution in [3.05, 3.63) is 82.8 Å². The van der Waals surface area contributed by atoms with Crippen molar-refractivity contribution in [2.75, 3.05) is 49.3 Å². The van der Waals surface area contributed by atoms with Gasteiger partial charge in [0.05, 0.1) is 12.9 Å². The van der Waals surface area contributed by atoms with Crippen LogP contribution in [-0.2, 0) is 4.79 Å². The van der Waals surface area contributed by atoms with E-state index < -0.39 is 0 Å². The Labute approximate surface area is 238 Å². The molecule has 0 atom stereocenters. The van der Waals surface area contributed by atoms with Crippen molar-refractivity contribution < 1.29 is 18.7 Å². The number of rotatable bonds is 8. The average Bonchev–Trinajstić information content (AvgIpc) is 3.46. The molecule has 0 spiro atoms. The zero-order valence-corrected chi connectivity index (χ0v) is 23.6. The molecule has 0 bridgehead atoms.